The summed E-state index contributed by atoms with van der Waals surface area (Å²) in [4.78, 5) is 5.37. The molecule has 158 valence electrons. The monoisotopic (exact) mass is 404 g/mol. The van der Waals surface area contributed by atoms with Crippen LogP contribution in [0.5, 0.6) is 0 Å². The van der Waals surface area contributed by atoms with Crippen LogP contribution in [0, 0.1) is 0 Å². The molecule has 0 N–H and O–H groups in total. The minimum absolute atomic E-state index is 0.0581. The highest BCUT2D eigenvalue weighted by atomic mass is 28.4. The fraction of sp³-hybridized carbons (Fsp3) is 1.00. The topological polar surface area (TPSA) is 24.9 Å². The molecule has 0 saturated heterocycles. The minimum Gasteiger partial charge on any atom is -0.398 e. The zero-order chi connectivity index (χ0) is 19.8. The zero-order valence-corrected chi connectivity index (χ0v) is 21.4. The lowest BCUT2D eigenvalue weighted by Gasteiger charge is -2.38. The van der Waals surface area contributed by atoms with Crippen molar-refractivity contribution in [2.75, 3.05) is 40.4 Å². The molecular formula is C20H48N2O2Si2. The van der Waals surface area contributed by atoms with Crippen LogP contribution in [0.2, 0.25) is 18.6 Å². The summed E-state index contributed by atoms with van der Waals surface area (Å²) in [6.07, 6.45) is 8.20. The molecule has 0 radical (unpaired) electrons. The fourth-order valence-electron chi connectivity index (χ4n) is 3.83. The van der Waals surface area contributed by atoms with Crippen molar-refractivity contribution in [1.82, 2.24) is 9.80 Å². The quantitative estimate of drug-likeness (QED) is 0.194. The summed E-state index contributed by atoms with van der Waals surface area (Å²) in [7, 11) is 1.70. The summed E-state index contributed by atoms with van der Waals surface area (Å²) in [5.74, 6) is 0.769. The molecule has 0 fully saturated rings. The van der Waals surface area contributed by atoms with Gasteiger partial charge in [-0.3, -0.25) is 9.80 Å². The number of hydrogen-bond acceptors (Lipinski definition) is 4. The standard InChI is InChI=1S/C20H48N2O2Si2/c1-8-21(9-2)20(22(10-3)11-4)25-18-16-14-12-13-15-17-19-26(7,23-5)24-6/h20H,8-19,25H2,1-7H3. The Bertz CT molecular complexity index is 298. The summed E-state index contributed by atoms with van der Waals surface area (Å²) in [6, 6.07) is 2.62. The van der Waals surface area contributed by atoms with E-state index in [-0.39, 0.29) is 9.52 Å². The van der Waals surface area contributed by atoms with Gasteiger partial charge in [-0.25, -0.2) is 0 Å². The first-order valence-electron chi connectivity index (χ1n) is 11.1. The predicted molar refractivity (Wildman–Crippen MR) is 121 cm³/mol. The first-order chi connectivity index (χ1) is 12.5. The van der Waals surface area contributed by atoms with Crippen LogP contribution in [0.1, 0.15) is 66.2 Å². The van der Waals surface area contributed by atoms with Gasteiger partial charge in [-0.05, 0) is 38.8 Å². The third kappa shape index (κ3) is 10.6. The Morgan fingerprint density at radius 1 is 0.731 bits per heavy atom. The molecule has 0 heterocycles. The third-order valence-electron chi connectivity index (χ3n) is 5.92. The van der Waals surface area contributed by atoms with Gasteiger partial charge < -0.3 is 8.85 Å². The number of rotatable bonds is 18. The highest BCUT2D eigenvalue weighted by Crippen LogP contribution is 2.17. The lowest BCUT2D eigenvalue weighted by molar-refractivity contribution is 0.114. The van der Waals surface area contributed by atoms with Crippen molar-refractivity contribution in [3.8, 4) is 0 Å². The second kappa shape index (κ2) is 16.2. The van der Waals surface area contributed by atoms with E-state index in [4.69, 9.17) is 8.85 Å². The molecule has 0 aliphatic heterocycles. The molecule has 4 nitrogen and oxygen atoms in total. The highest BCUT2D eigenvalue weighted by Gasteiger charge is 2.27. The Balaban J connectivity index is 3.91. The van der Waals surface area contributed by atoms with Crippen LogP contribution in [-0.4, -0.2) is 74.1 Å². The molecule has 6 heteroatoms. The predicted octanol–water partition coefficient (Wildman–Crippen LogP) is 4.25. The van der Waals surface area contributed by atoms with Gasteiger partial charge in [-0.15, -0.1) is 0 Å². The first kappa shape index (κ1) is 26.3. The maximum absolute atomic E-state index is 5.56. The van der Waals surface area contributed by atoms with E-state index >= 15 is 0 Å². The Kier molecular flexibility index (Phi) is 16.4. The largest absolute Gasteiger partial charge is 0.398 e. The first-order valence-corrected chi connectivity index (χ1v) is 15.4. The van der Waals surface area contributed by atoms with Crippen molar-refractivity contribution in [2.45, 2.75) is 90.6 Å². The molecule has 0 aromatic carbocycles. The molecule has 0 amide bonds. The average Bonchev–Trinajstić information content (AvgIpc) is 2.67. The van der Waals surface area contributed by atoms with Crippen molar-refractivity contribution < 1.29 is 8.85 Å². The van der Waals surface area contributed by atoms with E-state index in [9.17, 15) is 0 Å². The fourth-order valence-corrected chi connectivity index (χ4v) is 8.07. The molecule has 0 aliphatic rings. The normalized spacial score (nSPS) is 13.2. The molecule has 0 bridgehead atoms. The highest BCUT2D eigenvalue weighted by molar-refractivity contribution is 6.65. The zero-order valence-electron chi connectivity index (χ0n) is 19.0. The van der Waals surface area contributed by atoms with Crippen LogP contribution in [0.4, 0.5) is 0 Å². The summed E-state index contributed by atoms with van der Waals surface area (Å²) in [6.45, 7) is 16.2. The van der Waals surface area contributed by atoms with Crippen molar-refractivity contribution in [3.63, 3.8) is 0 Å². The van der Waals surface area contributed by atoms with Gasteiger partial charge in [0.15, 0.2) is 0 Å². The average molecular weight is 405 g/mol. The Morgan fingerprint density at radius 2 is 1.15 bits per heavy atom. The molecule has 26 heavy (non-hydrogen) atoms. The lowest BCUT2D eigenvalue weighted by atomic mass is 10.1. The van der Waals surface area contributed by atoms with E-state index in [2.05, 4.69) is 44.0 Å². The minimum atomic E-state index is -1.83. The second-order valence-electron chi connectivity index (χ2n) is 7.48. The molecule has 0 aromatic heterocycles. The SMILES string of the molecule is CCN(CC)C([SiH2]CCCCCCCC[Si](C)(OC)OC)N(CC)CC. The molecule has 0 unspecified atom stereocenters. The van der Waals surface area contributed by atoms with E-state index < -0.39 is 8.56 Å². The van der Waals surface area contributed by atoms with Crippen LogP contribution in [0.25, 0.3) is 0 Å². The van der Waals surface area contributed by atoms with Crippen molar-refractivity contribution in [1.29, 1.82) is 0 Å². The molecular weight excluding hydrogens is 356 g/mol. The van der Waals surface area contributed by atoms with Crippen LogP contribution < -0.4 is 0 Å². The van der Waals surface area contributed by atoms with Crippen molar-refractivity contribution in [3.05, 3.63) is 0 Å². The van der Waals surface area contributed by atoms with Gasteiger partial charge in [0.25, 0.3) is 0 Å². The third-order valence-corrected chi connectivity index (χ3v) is 11.4. The van der Waals surface area contributed by atoms with E-state index in [0.717, 1.165) is 11.8 Å². The van der Waals surface area contributed by atoms with Crippen LogP contribution >= 0.6 is 0 Å². The Morgan fingerprint density at radius 3 is 1.58 bits per heavy atom. The van der Waals surface area contributed by atoms with Gasteiger partial charge in [0.1, 0.15) is 0 Å². The number of nitrogens with zero attached hydrogens (tertiary/aromatic N) is 2. The van der Waals surface area contributed by atoms with E-state index in [1.165, 1.54) is 70.7 Å². The van der Waals surface area contributed by atoms with Gasteiger partial charge in [-0.1, -0.05) is 72.3 Å². The molecule has 0 aromatic rings. The van der Waals surface area contributed by atoms with Crippen LogP contribution in [0.15, 0.2) is 0 Å². The van der Waals surface area contributed by atoms with E-state index in [1.54, 1.807) is 14.2 Å². The Labute approximate surface area is 168 Å². The van der Waals surface area contributed by atoms with Crippen molar-refractivity contribution in [2.24, 2.45) is 0 Å². The lowest BCUT2D eigenvalue weighted by Crippen LogP contribution is -2.51. The number of unbranched alkanes of at least 4 members (excludes halogenated alkanes) is 5. The van der Waals surface area contributed by atoms with Crippen molar-refractivity contribution >= 4 is 18.1 Å². The molecule has 0 spiro atoms. The smallest absolute Gasteiger partial charge is 0.334 e. The number of hydrogen-bond donors (Lipinski definition) is 0. The summed E-state index contributed by atoms with van der Waals surface area (Å²) in [5.41, 5.74) is 0. The van der Waals surface area contributed by atoms with E-state index in [0.29, 0.717) is 0 Å². The summed E-state index contributed by atoms with van der Waals surface area (Å²) < 4.78 is 11.1. The molecule has 0 saturated carbocycles. The molecule has 0 atom stereocenters. The van der Waals surface area contributed by atoms with Crippen LogP contribution in [0.3, 0.4) is 0 Å². The maximum Gasteiger partial charge on any atom is 0.334 e. The van der Waals surface area contributed by atoms with Gasteiger partial charge in [-0.2, -0.15) is 0 Å². The molecule has 0 aliphatic carbocycles. The summed E-state index contributed by atoms with van der Waals surface area (Å²) in [5, 5.41) is 0. The molecule has 0 rings (SSSR count). The van der Waals surface area contributed by atoms with Crippen LogP contribution in [-0.2, 0) is 8.85 Å². The maximum atomic E-state index is 5.56. The van der Waals surface area contributed by atoms with Gasteiger partial charge >= 0.3 is 8.56 Å². The van der Waals surface area contributed by atoms with Gasteiger partial charge in [0.05, 0.1) is 9.52 Å². The van der Waals surface area contributed by atoms with Gasteiger partial charge in [0, 0.05) is 20.0 Å². The Hall–Kier alpha value is 0.274. The van der Waals surface area contributed by atoms with E-state index in [1.807, 2.05) is 0 Å². The summed E-state index contributed by atoms with van der Waals surface area (Å²) >= 11 is 0. The van der Waals surface area contributed by atoms with Gasteiger partial charge in [0.2, 0.25) is 0 Å². The second-order valence-corrected chi connectivity index (χ2v) is 13.1.